The van der Waals surface area contributed by atoms with Crippen LogP contribution in [0, 0.1) is 0 Å². The lowest BCUT2D eigenvalue weighted by atomic mass is 10.0. The van der Waals surface area contributed by atoms with Gasteiger partial charge in [0, 0.05) is 44.6 Å². The van der Waals surface area contributed by atoms with E-state index in [1.54, 1.807) is 0 Å². The summed E-state index contributed by atoms with van der Waals surface area (Å²) < 4.78 is 0. The van der Waals surface area contributed by atoms with E-state index in [1.165, 1.54) is 5.56 Å². The van der Waals surface area contributed by atoms with E-state index in [-0.39, 0.29) is 0 Å². The minimum Gasteiger partial charge on any atom is -0.314 e. The largest absolute Gasteiger partial charge is 0.314 e. The smallest absolute Gasteiger partial charge is 0.0353 e. The minimum absolute atomic E-state index is 0.512. The van der Waals surface area contributed by atoms with Gasteiger partial charge in [0.15, 0.2) is 0 Å². The quantitative estimate of drug-likeness (QED) is 0.786. The SMILES string of the molecule is C=CCC[C@@H](c1ccncc1)N1CCNCC1. The molecule has 0 amide bonds. The van der Waals surface area contributed by atoms with E-state index in [0.29, 0.717) is 6.04 Å². The summed E-state index contributed by atoms with van der Waals surface area (Å²) in [4.78, 5) is 6.67. The van der Waals surface area contributed by atoms with Gasteiger partial charge in [-0.2, -0.15) is 0 Å². The average Bonchev–Trinajstić information content (AvgIpc) is 2.42. The molecule has 3 heteroatoms. The number of hydrogen-bond donors (Lipinski definition) is 1. The van der Waals surface area contributed by atoms with Gasteiger partial charge in [-0.15, -0.1) is 6.58 Å². The fraction of sp³-hybridized carbons (Fsp3) is 0.500. The van der Waals surface area contributed by atoms with E-state index in [4.69, 9.17) is 0 Å². The van der Waals surface area contributed by atoms with Gasteiger partial charge in [0.2, 0.25) is 0 Å². The molecule has 1 atom stereocenters. The first-order valence-electron chi connectivity index (χ1n) is 6.37. The molecular weight excluding hydrogens is 210 g/mol. The zero-order valence-electron chi connectivity index (χ0n) is 10.3. The fourth-order valence-electron chi connectivity index (χ4n) is 2.42. The third-order valence-electron chi connectivity index (χ3n) is 3.33. The van der Waals surface area contributed by atoms with Crippen molar-refractivity contribution < 1.29 is 0 Å². The molecule has 1 saturated heterocycles. The van der Waals surface area contributed by atoms with Crippen LogP contribution in [0.15, 0.2) is 37.2 Å². The molecule has 2 rings (SSSR count). The molecule has 1 aliphatic rings. The second-order valence-corrected chi connectivity index (χ2v) is 4.45. The van der Waals surface area contributed by atoms with Crippen LogP contribution in [0.3, 0.4) is 0 Å². The lowest BCUT2D eigenvalue weighted by Crippen LogP contribution is -2.45. The Balaban J connectivity index is 2.09. The Labute approximate surface area is 104 Å². The van der Waals surface area contributed by atoms with Gasteiger partial charge in [-0.25, -0.2) is 0 Å². The highest BCUT2D eigenvalue weighted by atomic mass is 15.2. The van der Waals surface area contributed by atoms with E-state index < -0.39 is 0 Å². The van der Waals surface area contributed by atoms with Crippen molar-refractivity contribution in [2.75, 3.05) is 26.2 Å². The van der Waals surface area contributed by atoms with E-state index in [9.17, 15) is 0 Å². The van der Waals surface area contributed by atoms with Crippen LogP contribution in [0.4, 0.5) is 0 Å². The fourth-order valence-corrected chi connectivity index (χ4v) is 2.42. The normalized spacial score (nSPS) is 18.8. The molecular formula is C14H21N3. The van der Waals surface area contributed by atoms with Crippen molar-refractivity contribution in [2.24, 2.45) is 0 Å². The Bertz CT molecular complexity index is 331. The summed E-state index contributed by atoms with van der Waals surface area (Å²) >= 11 is 0. The number of pyridine rings is 1. The molecule has 0 radical (unpaired) electrons. The molecule has 2 heterocycles. The van der Waals surface area contributed by atoms with E-state index in [2.05, 4.69) is 33.9 Å². The van der Waals surface area contributed by atoms with Crippen LogP contribution in [-0.2, 0) is 0 Å². The zero-order chi connectivity index (χ0) is 11.9. The lowest BCUT2D eigenvalue weighted by Gasteiger charge is -2.35. The Kier molecular flexibility index (Phi) is 4.71. The second-order valence-electron chi connectivity index (χ2n) is 4.45. The first-order chi connectivity index (χ1) is 8.42. The van der Waals surface area contributed by atoms with E-state index >= 15 is 0 Å². The predicted molar refractivity (Wildman–Crippen MR) is 70.9 cm³/mol. The van der Waals surface area contributed by atoms with Gasteiger partial charge in [0.05, 0.1) is 0 Å². The van der Waals surface area contributed by atoms with Gasteiger partial charge in [-0.05, 0) is 30.5 Å². The van der Waals surface area contributed by atoms with Gasteiger partial charge in [0.1, 0.15) is 0 Å². The third kappa shape index (κ3) is 3.38. The Morgan fingerprint density at radius 1 is 1.35 bits per heavy atom. The molecule has 0 spiro atoms. The van der Waals surface area contributed by atoms with E-state index in [0.717, 1.165) is 39.0 Å². The van der Waals surface area contributed by atoms with Crippen LogP contribution in [-0.4, -0.2) is 36.1 Å². The number of allylic oxidation sites excluding steroid dienone is 1. The molecule has 3 nitrogen and oxygen atoms in total. The topological polar surface area (TPSA) is 28.2 Å². The molecule has 0 aliphatic carbocycles. The number of hydrogen-bond acceptors (Lipinski definition) is 3. The van der Waals surface area contributed by atoms with Crippen molar-refractivity contribution >= 4 is 0 Å². The highest BCUT2D eigenvalue weighted by Gasteiger charge is 2.21. The van der Waals surface area contributed by atoms with Crippen LogP contribution < -0.4 is 5.32 Å². The number of aromatic nitrogens is 1. The molecule has 0 unspecified atom stereocenters. The minimum atomic E-state index is 0.512. The number of nitrogens with zero attached hydrogens (tertiary/aromatic N) is 2. The standard InChI is InChI=1S/C14H21N3/c1-2-3-4-14(13-5-7-15-8-6-13)17-11-9-16-10-12-17/h2,5-8,14,16H,1,3-4,9-12H2/t14-/m0/s1. The summed E-state index contributed by atoms with van der Waals surface area (Å²) in [5, 5.41) is 3.40. The summed E-state index contributed by atoms with van der Waals surface area (Å²) in [6, 6.07) is 4.78. The maximum Gasteiger partial charge on any atom is 0.0353 e. The first-order valence-corrected chi connectivity index (χ1v) is 6.37. The first kappa shape index (κ1) is 12.3. The molecule has 1 fully saturated rings. The van der Waals surface area contributed by atoms with Gasteiger partial charge in [-0.1, -0.05) is 6.08 Å². The number of piperazine rings is 1. The van der Waals surface area contributed by atoms with Crippen LogP contribution in [0.1, 0.15) is 24.4 Å². The van der Waals surface area contributed by atoms with Gasteiger partial charge >= 0.3 is 0 Å². The Morgan fingerprint density at radius 3 is 2.71 bits per heavy atom. The molecule has 1 aromatic heterocycles. The van der Waals surface area contributed by atoms with Crippen molar-refractivity contribution in [2.45, 2.75) is 18.9 Å². The Hall–Kier alpha value is -1.19. The average molecular weight is 231 g/mol. The van der Waals surface area contributed by atoms with Gasteiger partial charge in [0.25, 0.3) is 0 Å². The highest BCUT2D eigenvalue weighted by Crippen LogP contribution is 2.25. The van der Waals surface area contributed by atoms with Gasteiger partial charge in [-0.3, -0.25) is 9.88 Å². The molecule has 17 heavy (non-hydrogen) atoms. The monoisotopic (exact) mass is 231 g/mol. The molecule has 1 N–H and O–H groups in total. The highest BCUT2D eigenvalue weighted by molar-refractivity contribution is 5.15. The summed E-state index contributed by atoms with van der Waals surface area (Å²) in [5.74, 6) is 0. The molecule has 92 valence electrons. The number of rotatable bonds is 5. The maximum atomic E-state index is 4.10. The predicted octanol–water partition coefficient (Wildman–Crippen LogP) is 1.99. The molecule has 0 bridgehead atoms. The van der Waals surface area contributed by atoms with Crippen LogP contribution in [0.25, 0.3) is 0 Å². The summed E-state index contributed by atoms with van der Waals surface area (Å²) in [5.41, 5.74) is 1.38. The Morgan fingerprint density at radius 2 is 2.06 bits per heavy atom. The molecule has 1 aromatic rings. The van der Waals surface area contributed by atoms with Crippen LogP contribution in [0.2, 0.25) is 0 Å². The molecule has 0 saturated carbocycles. The van der Waals surface area contributed by atoms with Crippen molar-refractivity contribution in [1.29, 1.82) is 0 Å². The van der Waals surface area contributed by atoms with E-state index in [1.807, 2.05) is 18.5 Å². The van der Waals surface area contributed by atoms with Crippen LogP contribution in [0.5, 0.6) is 0 Å². The zero-order valence-corrected chi connectivity index (χ0v) is 10.3. The van der Waals surface area contributed by atoms with Crippen molar-refractivity contribution in [3.63, 3.8) is 0 Å². The maximum absolute atomic E-state index is 4.10. The summed E-state index contributed by atoms with van der Waals surface area (Å²) in [6.45, 7) is 8.27. The van der Waals surface area contributed by atoms with Gasteiger partial charge < -0.3 is 5.32 Å². The third-order valence-corrected chi connectivity index (χ3v) is 3.33. The summed E-state index contributed by atoms with van der Waals surface area (Å²) in [7, 11) is 0. The molecule has 1 aliphatic heterocycles. The van der Waals surface area contributed by atoms with Crippen molar-refractivity contribution in [3.8, 4) is 0 Å². The number of nitrogens with one attached hydrogen (secondary N) is 1. The lowest BCUT2D eigenvalue weighted by molar-refractivity contribution is 0.166. The summed E-state index contributed by atoms with van der Waals surface area (Å²) in [6.07, 6.45) is 8.00. The molecule has 0 aromatic carbocycles. The van der Waals surface area contributed by atoms with Crippen molar-refractivity contribution in [1.82, 2.24) is 15.2 Å². The van der Waals surface area contributed by atoms with Crippen LogP contribution >= 0.6 is 0 Å². The second kappa shape index (κ2) is 6.52. The van der Waals surface area contributed by atoms with Crippen molar-refractivity contribution in [3.05, 3.63) is 42.7 Å².